The van der Waals surface area contributed by atoms with Gasteiger partial charge in [-0.15, -0.1) is 0 Å². The highest BCUT2D eigenvalue weighted by Gasteiger charge is 2.42. The summed E-state index contributed by atoms with van der Waals surface area (Å²) in [6, 6.07) is 5.98. The third-order valence-electron chi connectivity index (χ3n) is 7.76. The number of aromatic nitrogens is 3. The van der Waals surface area contributed by atoms with E-state index in [1.165, 1.54) is 12.1 Å². The van der Waals surface area contributed by atoms with E-state index < -0.39 is 5.82 Å². The summed E-state index contributed by atoms with van der Waals surface area (Å²) in [6.07, 6.45) is 4.99. The van der Waals surface area contributed by atoms with Crippen LogP contribution in [0.5, 0.6) is 5.75 Å². The van der Waals surface area contributed by atoms with Crippen LogP contribution in [0.2, 0.25) is 0 Å². The average molecular weight is 505 g/mol. The van der Waals surface area contributed by atoms with E-state index in [2.05, 4.69) is 14.9 Å². The molecule has 2 aliphatic heterocycles. The van der Waals surface area contributed by atoms with E-state index in [-0.39, 0.29) is 34.3 Å². The van der Waals surface area contributed by atoms with Gasteiger partial charge in [-0.05, 0) is 60.2 Å². The van der Waals surface area contributed by atoms with Crippen molar-refractivity contribution < 1.29 is 18.6 Å². The van der Waals surface area contributed by atoms with E-state index in [1.54, 1.807) is 18.3 Å². The molecule has 0 radical (unpaired) electrons. The number of benzene rings is 2. The maximum Gasteiger partial charge on any atom is 0.175 e. The molecular weight excluding hydrogens is 474 g/mol. The smallest absolute Gasteiger partial charge is 0.175 e. The van der Waals surface area contributed by atoms with Gasteiger partial charge < -0.3 is 14.7 Å². The number of aromatic hydroxyl groups is 1. The number of anilines is 1. The molecular formula is C29H30F2N4O2. The van der Waals surface area contributed by atoms with Gasteiger partial charge >= 0.3 is 0 Å². The summed E-state index contributed by atoms with van der Waals surface area (Å²) in [7, 11) is 0. The second-order valence-corrected chi connectivity index (χ2v) is 10.5. The van der Waals surface area contributed by atoms with Crippen molar-refractivity contribution in [3.63, 3.8) is 0 Å². The molecule has 2 saturated heterocycles. The highest BCUT2D eigenvalue weighted by molar-refractivity contribution is 6.01. The number of hydrogen-bond donors (Lipinski definition) is 1. The summed E-state index contributed by atoms with van der Waals surface area (Å²) < 4.78 is 37.2. The van der Waals surface area contributed by atoms with Crippen LogP contribution < -0.4 is 4.90 Å². The molecule has 2 aromatic carbocycles. The molecule has 1 atom stereocenters. The summed E-state index contributed by atoms with van der Waals surface area (Å²) in [5.41, 5.74) is 0.848. The van der Waals surface area contributed by atoms with Crippen LogP contribution >= 0.6 is 0 Å². The molecule has 1 N–H and O–H groups in total. The maximum absolute atomic E-state index is 16.4. The first kappa shape index (κ1) is 24.0. The summed E-state index contributed by atoms with van der Waals surface area (Å²) in [6.45, 7) is 8.06. The summed E-state index contributed by atoms with van der Waals surface area (Å²) >= 11 is 0. The Morgan fingerprint density at radius 3 is 2.73 bits per heavy atom. The Hall–Kier alpha value is -3.39. The van der Waals surface area contributed by atoms with Crippen molar-refractivity contribution in [2.45, 2.75) is 58.0 Å². The molecule has 2 aromatic heterocycles. The molecule has 1 spiro atoms. The fourth-order valence-electron chi connectivity index (χ4n) is 5.88. The average Bonchev–Trinajstić information content (AvgIpc) is 3.53. The van der Waals surface area contributed by atoms with Gasteiger partial charge in [-0.25, -0.2) is 18.7 Å². The molecule has 2 fully saturated rings. The molecule has 0 amide bonds. The molecule has 6 rings (SSSR count). The molecule has 8 heteroatoms. The first-order valence-corrected chi connectivity index (χ1v) is 13.0. The van der Waals surface area contributed by atoms with Gasteiger partial charge in [0.2, 0.25) is 0 Å². The Labute approximate surface area is 214 Å². The first-order chi connectivity index (χ1) is 17.8. The van der Waals surface area contributed by atoms with Gasteiger partial charge in [0, 0.05) is 37.4 Å². The fourth-order valence-corrected chi connectivity index (χ4v) is 5.88. The molecule has 4 heterocycles. The Bertz CT molecular complexity index is 1530. The second kappa shape index (κ2) is 8.87. The predicted molar refractivity (Wildman–Crippen MR) is 140 cm³/mol. The van der Waals surface area contributed by atoms with Crippen LogP contribution in [-0.4, -0.2) is 45.4 Å². The van der Waals surface area contributed by atoms with Crippen molar-refractivity contribution in [1.82, 2.24) is 15.0 Å². The zero-order chi connectivity index (χ0) is 25.9. The van der Waals surface area contributed by atoms with Crippen molar-refractivity contribution >= 4 is 27.5 Å². The summed E-state index contributed by atoms with van der Waals surface area (Å²) in [5, 5.41) is 12.1. The molecule has 1 unspecified atom stereocenters. The second-order valence-electron chi connectivity index (χ2n) is 10.5. The Kier molecular flexibility index (Phi) is 5.75. The molecule has 37 heavy (non-hydrogen) atoms. The van der Waals surface area contributed by atoms with Crippen molar-refractivity contribution in [1.29, 1.82) is 0 Å². The Morgan fingerprint density at radius 2 is 2.00 bits per heavy atom. The van der Waals surface area contributed by atoms with Crippen LogP contribution in [0.3, 0.4) is 0 Å². The SMILES string of the molecule is CCc1c(F)ccc2cc(O)cc(-c3ncc4c(N5CCC6(CCCO6)C5)nc(C(C)C)nc4c3F)c12. The lowest BCUT2D eigenvalue weighted by Crippen LogP contribution is -2.33. The van der Waals surface area contributed by atoms with E-state index in [1.807, 2.05) is 20.8 Å². The number of halogens is 2. The zero-order valence-electron chi connectivity index (χ0n) is 21.3. The van der Waals surface area contributed by atoms with E-state index in [0.717, 1.165) is 32.4 Å². The van der Waals surface area contributed by atoms with Crippen LogP contribution in [0.15, 0.2) is 30.5 Å². The molecule has 0 bridgehead atoms. The lowest BCUT2D eigenvalue weighted by molar-refractivity contribution is 0.0231. The number of pyridine rings is 1. The molecule has 4 aromatic rings. The number of rotatable bonds is 4. The number of phenols is 1. The molecule has 2 aliphatic rings. The first-order valence-electron chi connectivity index (χ1n) is 13.0. The normalized spacial score (nSPS) is 19.8. The van der Waals surface area contributed by atoms with Gasteiger partial charge in [0.25, 0.3) is 0 Å². The standard InChI is InChI=1S/C29H30F2N4O2/c1-4-19-22(30)7-6-17-12-18(36)13-20(23(17)19)25-24(31)26-21(14-32-25)28(34-27(33-26)16(2)3)35-10-9-29(15-35)8-5-11-37-29/h6-7,12-14,16,36H,4-5,8-11,15H2,1-3H3. The fraction of sp³-hybridized carbons (Fsp3) is 0.414. The van der Waals surface area contributed by atoms with Crippen LogP contribution in [0.1, 0.15) is 57.3 Å². The lowest BCUT2D eigenvalue weighted by Gasteiger charge is -2.25. The number of hydrogen-bond acceptors (Lipinski definition) is 6. The predicted octanol–water partition coefficient (Wildman–Crippen LogP) is 6.27. The monoisotopic (exact) mass is 504 g/mol. The third kappa shape index (κ3) is 3.89. The van der Waals surface area contributed by atoms with Gasteiger partial charge in [0.15, 0.2) is 5.82 Å². The van der Waals surface area contributed by atoms with E-state index in [9.17, 15) is 9.50 Å². The Morgan fingerprint density at radius 1 is 1.16 bits per heavy atom. The van der Waals surface area contributed by atoms with Crippen LogP contribution in [0, 0.1) is 11.6 Å². The van der Waals surface area contributed by atoms with E-state index in [4.69, 9.17) is 9.72 Å². The maximum atomic E-state index is 16.4. The minimum absolute atomic E-state index is 0.0131. The van der Waals surface area contributed by atoms with Crippen LogP contribution in [0.25, 0.3) is 32.9 Å². The van der Waals surface area contributed by atoms with Crippen molar-refractivity contribution in [3.05, 3.63) is 53.5 Å². The lowest BCUT2D eigenvalue weighted by atomic mass is 9.94. The molecule has 0 saturated carbocycles. The number of phenolic OH excluding ortho intramolecular Hbond substituents is 1. The number of fused-ring (bicyclic) bond motifs is 2. The number of aryl methyl sites for hydroxylation is 1. The summed E-state index contributed by atoms with van der Waals surface area (Å²) in [5.74, 6) is 0.190. The van der Waals surface area contributed by atoms with E-state index in [0.29, 0.717) is 51.9 Å². The Balaban J connectivity index is 1.57. The minimum atomic E-state index is -0.604. The van der Waals surface area contributed by atoms with Gasteiger partial charge in [-0.1, -0.05) is 26.8 Å². The van der Waals surface area contributed by atoms with Crippen molar-refractivity contribution in [3.8, 4) is 17.0 Å². The molecule has 6 nitrogen and oxygen atoms in total. The van der Waals surface area contributed by atoms with Gasteiger partial charge in [-0.3, -0.25) is 4.98 Å². The highest BCUT2D eigenvalue weighted by atomic mass is 19.1. The summed E-state index contributed by atoms with van der Waals surface area (Å²) in [4.78, 5) is 16.2. The van der Waals surface area contributed by atoms with Gasteiger partial charge in [-0.2, -0.15) is 0 Å². The third-order valence-corrected chi connectivity index (χ3v) is 7.76. The number of nitrogens with zero attached hydrogens (tertiary/aromatic N) is 4. The van der Waals surface area contributed by atoms with E-state index >= 15 is 4.39 Å². The zero-order valence-corrected chi connectivity index (χ0v) is 21.3. The van der Waals surface area contributed by atoms with Gasteiger partial charge in [0.1, 0.15) is 34.4 Å². The molecule has 192 valence electrons. The molecule has 0 aliphatic carbocycles. The largest absolute Gasteiger partial charge is 0.508 e. The number of ether oxygens (including phenoxy) is 1. The minimum Gasteiger partial charge on any atom is -0.508 e. The van der Waals surface area contributed by atoms with Crippen LogP contribution in [0.4, 0.5) is 14.6 Å². The quantitative estimate of drug-likeness (QED) is 0.353. The van der Waals surface area contributed by atoms with Crippen molar-refractivity contribution in [2.24, 2.45) is 0 Å². The van der Waals surface area contributed by atoms with Crippen molar-refractivity contribution in [2.75, 3.05) is 24.6 Å². The highest BCUT2D eigenvalue weighted by Crippen LogP contribution is 2.41. The van der Waals surface area contributed by atoms with Gasteiger partial charge in [0.05, 0.1) is 11.0 Å². The topological polar surface area (TPSA) is 71.4 Å². The van der Waals surface area contributed by atoms with Crippen LogP contribution in [-0.2, 0) is 11.2 Å².